The Hall–Kier alpha value is -0.930. The monoisotopic (exact) mass is 308 g/mol. The Bertz CT molecular complexity index is 315. The average molecular weight is 308 g/mol. The standard InChI is InChI=1S/C10H20N4O3S2/c11-14-10(17)7(13-9(16)6-19)3-1-2-4-12-8(15)5-18/h7,18-19H,1-6,11H2,(H,12,15)(H,13,16)(H,14,17). The van der Waals surface area contributed by atoms with Gasteiger partial charge >= 0.3 is 0 Å². The molecule has 0 bridgehead atoms. The third-order valence-corrected chi connectivity index (χ3v) is 2.90. The van der Waals surface area contributed by atoms with Gasteiger partial charge in [0.2, 0.25) is 11.8 Å². The number of unbranched alkanes of at least 4 members (excludes halogenated alkanes) is 1. The van der Waals surface area contributed by atoms with E-state index in [9.17, 15) is 14.4 Å². The van der Waals surface area contributed by atoms with Crippen LogP contribution in [0.2, 0.25) is 0 Å². The molecule has 0 heterocycles. The molecule has 7 nitrogen and oxygen atoms in total. The fourth-order valence-electron chi connectivity index (χ4n) is 1.37. The van der Waals surface area contributed by atoms with Gasteiger partial charge in [-0.25, -0.2) is 5.84 Å². The Labute approximate surface area is 123 Å². The zero-order valence-electron chi connectivity index (χ0n) is 10.5. The van der Waals surface area contributed by atoms with E-state index in [0.29, 0.717) is 25.8 Å². The van der Waals surface area contributed by atoms with Crippen molar-refractivity contribution in [3.63, 3.8) is 0 Å². The summed E-state index contributed by atoms with van der Waals surface area (Å²) >= 11 is 7.64. The van der Waals surface area contributed by atoms with Crippen LogP contribution < -0.4 is 21.9 Å². The second-order valence-corrected chi connectivity index (χ2v) is 4.42. The van der Waals surface area contributed by atoms with Crippen molar-refractivity contribution in [3.8, 4) is 0 Å². The lowest BCUT2D eigenvalue weighted by Crippen LogP contribution is -2.49. The number of thiol groups is 2. The van der Waals surface area contributed by atoms with E-state index in [2.05, 4.69) is 35.9 Å². The van der Waals surface area contributed by atoms with Gasteiger partial charge in [0.15, 0.2) is 0 Å². The van der Waals surface area contributed by atoms with Gasteiger partial charge in [-0.05, 0) is 19.3 Å². The second-order valence-electron chi connectivity index (χ2n) is 3.79. The molecule has 0 aromatic heterocycles. The van der Waals surface area contributed by atoms with E-state index in [1.165, 1.54) is 0 Å². The molecule has 0 aliphatic heterocycles. The van der Waals surface area contributed by atoms with Crippen LogP contribution in [0.15, 0.2) is 0 Å². The molecule has 1 unspecified atom stereocenters. The zero-order valence-corrected chi connectivity index (χ0v) is 12.3. The van der Waals surface area contributed by atoms with Gasteiger partial charge < -0.3 is 10.6 Å². The quantitative estimate of drug-likeness (QED) is 0.103. The van der Waals surface area contributed by atoms with E-state index < -0.39 is 11.9 Å². The molecule has 9 heteroatoms. The number of carbonyl (C=O) groups excluding carboxylic acids is 3. The molecule has 3 amide bonds. The minimum absolute atomic E-state index is 0.00630. The molecule has 0 aromatic rings. The van der Waals surface area contributed by atoms with Gasteiger partial charge in [0.05, 0.1) is 11.5 Å². The van der Waals surface area contributed by atoms with Gasteiger partial charge in [0, 0.05) is 6.54 Å². The molecular weight excluding hydrogens is 288 g/mol. The lowest BCUT2D eigenvalue weighted by atomic mass is 10.1. The van der Waals surface area contributed by atoms with Gasteiger partial charge in [-0.2, -0.15) is 25.3 Å². The van der Waals surface area contributed by atoms with Crippen molar-refractivity contribution in [2.45, 2.75) is 25.3 Å². The second kappa shape index (κ2) is 10.9. The summed E-state index contributed by atoms with van der Waals surface area (Å²) < 4.78 is 0. The Morgan fingerprint density at radius 3 is 2.21 bits per heavy atom. The minimum atomic E-state index is -0.676. The molecule has 0 saturated carbocycles. The Morgan fingerprint density at radius 2 is 1.68 bits per heavy atom. The molecule has 0 fully saturated rings. The third kappa shape index (κ3) is 8.73. The summed E-state index contributed by atoms with van der Waals surface area (Å²) in [7, 11) is 0. The Kier molecular flexibility index (Phi) is 10.4. The number of nitrogens with two attached hydrogens (primary N) is 1. The highest BCUT2D eigenvalue weighted by Gasteiger charge is 2.18. The predicted octanol–water partition coefficient (Wildman–Crippen LogP) is -1.39. The fourth-order valence-corrected chi connectivity index (χ4v) is 1.57. The average Bonchev–Trinajstić information content (AvgIpc) is 2.43. The van der Waals surface area contributed by atoms with E-state index in [1.807, 2.05) is 5.43 Å². The van der Waals surface area contributed by atoms with Gasteiger partial charge in [0.25, 0.3) is 5.91 Å². The fraction of sp³-hybridized carbons (Fsp3) is 0.700. The van der Waals surface area contributed by atoms with Crippen LogP contribution in [0.3, 0.4) is 0 Å². The van der Waals surface area contributed by atoms with Crippen LogP contribution >= 0.6 is 25.3 Å². The third-order valence-electron chi connectivity index (χ3n) is 2.32. The van der Waals surface area contributed by atoms with E-state index in [4.69, 9.17) is 5.84 Å². The molecule has 0 saturated heterocycles. The van der Waals surface area contributed by atoms with Crippen molar-refractivity contribution < 1.29 is 14.4 Å². The molecule has 19 heavy (non-hydrogen) atoms. The van der Waals surface area contributed by atoms with Crippen molar-refractivity contribution in [3.05, 3.63) is 0 Å². The molecule has 0 aliphatic rings. The lowest BCUT2D eigenvalue weighted by Gasteiger charge is -2.16. The first-order valence-corrected chi connectivity index (χ1v) is 7.09. The van der Waals surface area contributed by atoms with Gasteiger partial charge in [-0.3, -0.25) is 19.8 Å². The Balaban J connectivity index is 3.96. The first-order valence-electron chi connectivity index (χ1n) is 5.83. The van der Waals surface area contributed by atoms with E-state index in [0.717, 1.165) is 0 Å². The van der Waals surface area contributed by atoms with E-state index in [-0.39, 0.29) is 23.3 Å². The summed E-state index contributed by atoms with van der Waals surface area (Å²) in [5, 5.41) is 5.18. The molecule has 110 valence electrons. The number of nitrogens with one attached hydrogen (secondary N) is 3. The van der Waals surface area contributed by atoms with Crippen molar-refractivity contribution in [2.24, 2.45) is 5.84 Å². The molecule has 0 spiro atoms. The molecule has 5 N–H and O–H groups in total. The normalized spacial score (nSPS) is 11.5. The zero-order chi connectivity index (χ0) is 14.7. The van der Waals surface area contributed by atoms with Crippen LogP contribution in [0.4, 0.5) is 0 Å². The number of amides is 3. The van der Waals surface area contributed by atoms with Crippen molar-refractivity contribution in [1.29, 1.82) is 0 Å². The van der Waals surface area contributed by atoms with Crippen LogP contribution in [0, 0.1) is 0 Å². The molecular formula is C10H20N4O3S2. The largest absolute Gasteiger partial charge is 0.355 e. The predicted molar refractivity (Wildman–Crippen MR) is 78.8 cm³/mol. The van der Waals surface area contributed by atoms with Crippen LogP contribution in [-0.4, -0.2) is 41.8 Å². The number of hydrogen-bond donors (Lipinski definition) is 6. The Morgan fingerprint density at radius 1 is 1.05 bits per heavy atom. The summed E-state index contributed by atoms with van der Waals surface area (Å²) in [5.74, 6) is 4.28. The summed E-state index contributed by atoms with van der Waals surface area (Å²) in [5.41, 5.74) is 2.00. The number of hydrazine groups is 1. The molecule has 0 rings (SSSR count). The van der Waals surface area contributed by atoms with Gasteiger partial charge in [0.1, 0.15) is 6.04 Å². The van der Waals surface area contributed by atoms with Crippen molar-refractivity contribution in [1.82, 2.24) is 16.1 Å². The molecule has 0 aliphatic carbocycles. The lowest BCUT2D eigenvalue weighted by molar-refractivity contribution is -0.128. The number of carbonyl (C=O) groups is 3. The first-order chi connectivity index (χ1) is 9.04. The van der Waals surface area contributed by atoms with Crippen molar-refractivity contribution in [2.75, 3.05) is 18.1 Å². The summed E-state index contributed by atoms with van der Waals surface area (Å²) in [6.07, 6.45) is 1.81. The topological polar surface area (TPSA) is 113 Å². The number of hydrogen-bond acceptors (Lipinski definition) is 6. The molecule has 1 atom stereocenters. The van der Waals surface area contributed by atoms with Crippen LogP contribution in [-0.2, 0) is 14.4 Å². The van der Waals surface area contributed by atoms with Crippen molar-refractivity contribution >= 4 is 43.0 Å². The summed E-state index contributed by atoms with van der Waals surface area (Å²) in [6.45, 7) is 0.511. The maximum absolute atomic E-state index is 11.4. The highest BCUT2D eigenvalue weighted by atomic mass is 32.1. The van der Waals surface area contributed by atoms with Gasteiger partial charge in [-0.1, -0.05) is 0 Å². The summed E-state index contributed by atoms with van der Waals surface area (Å²) in [6, 6.07) is -0.676. The minimum Gasteiger partial charge on any atom is -0.355 e. The highest BCUT2D eigenvalue weighted by molar-refractivity contribution is 7.81. The van der Waals surface area contributed by atoms with Gasteiger partial charge in [-0.15, -0.1) is 0 Å². The van der Waals surface area contributed by atoms with Crippen LogP contribution in [0.25, 0.3) is 0 Å². The van der Waals surface area contributed by atoms with E-state index in [1.54, 1.807) is 0 Å². The summed E-state index contributed by atoms with van der Waals surface area (Å²) in [4.78, 5) is 33.5. The number of rotatable bonds is 9. The maximum Gasteiger partial charge on any atom is 0.256 e. The molecule has 0 aromatic carbocycles. The smallest absolute Gasteiger partial charge is 0.256 e. The highest BCUT2D eigenvalue weighted by Crippen LogP contribution is 2.01. The SMILES string of the molecule is NNC(=O)C(CCCCNC(=O)CS)NC(=O)CS. The molecule has 0 radical (unpaired) electrons. The van der Waals surface area contributed by atoms with Crippen LogP contribution in [0.5, 0.6) is 0 Å². The first kappa shape index (κ1) is 18.1. The van der Waals surface area contributed by atoms with Crippen LogP contribution in [0.1, 0.15) is 19.3 Å². The maximum atomic E-state index is 11.4. The van der Waals surface area contributed by atoms with E-state index >= 15 is 0 Å².